The van der Waals surface area contributed by atoms with E-state index in [2.05, 4.69) is 25.9 Å². The summed E-state index contributed by atoms with van der Waals surface area (Å²) in [5, 5.41) is 0.179. The second kappa shape index (κ2) is 3.61. The third kappa shape index (κ3) is 1.47. The molecule has 1 heterocycles. The summed E-state index contributed by atoms with van der Waals surface area (Å²) in [6.07, 6.45) is 1.27. The lowest BCUT2D eigenvalue weighted by molar-refractivity contribution is 0.638. The molecule has 0 saturated heterocycles. The van der Waals surface area contributed by atoms with Gasteiger partial charge in [-0.25, -0.2) is 14.4 Å². The lowest BCUT2D eigenvalue weighted by Gasteiger charge is -2.03. The molecule has 1 aromatic heterocycles. The maximum Gasteiger partial charge on any atom is 0.155 e. The van der Waals surface area contributed by atoms with Crippen LogP contribution in [-0.4, -0.2) is 9.97 Å². The first kappa shape index (κ1) is 10.1. The van der Waals surface area contributed by atoms with Crippen LogP contribution in [0.5, 0.6) is 0 Å². The van der Waals surface area contributed by atoms with E-state index in [0.717, 1.165) is 0 Å². The summed E-state index contributed by atoms with van der Waals surface area (Å²) in [4.78, 5) is 7.56. The highest BCUT2D eigenvalue weighted by Gasteiger charge is 2.13. The van der Waals surface area contributed by atoms with E-state index in [0.29, 0.717) is 9.99 Å². The number of fused-ring (bicyclic) bond motifs is 1. The Morgan fingerprint density at radius 3 is 2.71 bits per heavy atom. The van der Waals surface area contributed by atoms with Crippen molar-refractivity contribution >= 4 is 50.0 Å². The molecule has 0 aliphatic carbocycles. The van der Waals surface area contributed by atoms with Crippen molar-refractivity contribution in [3.8, 4) is 0 Å². The molecule has 0 bridgehead atoms. The highest BCUT2D eigenvalue weighted by atomic mass is 79.9. The Balaban J connectivity index is 2.99. The third-order valence-electron chi connectivity index (χ3n) is 1.72. The molecule has 72 valence electrons. The molecule has 2 nitrogen and oxygen atoms in total. The average molecular weight is 296 g/mol. The number of rotatable bonds is 0. The molecule has 0 fully saturated rings. The van der Waals surface area contributed by atoms with E-state index < -0.39 is 5.82 Å². The zero-order valence-corrected chi connectivity index (χ0v) is 9.66. The molecule has 2 aromatic rings. The number of aromatic nitrogens is 2. The molecule has 14 heavy (non-hydrogen) atoms. The Morgan fingerprint density at radius 2 is 2.00 bits per heavy atom. The molecule has 2 rings (SSSR count). The Hall–Kier alpha value is -0.450. The number of hydrogen-bond acceptors (Lipinski definition) is 2. The maximum absolute atomic E-state index is 13.6. The van der Waals surface area contributed by atoms with Crippen LogP contribution >= 0.6 is 39.1 Å². The number of nitrogens with zero attached hydrogens (tertiary/aromatic N) is 2. The zero-order chi connectivity index (χ0) is 10.3. The lowest BCUT2D eigenvalue weighted by Crippen LogP contribution is -1.89. The fourth-order valence-corrected chi connectivity index (χ4v) is 1.85. The topological polar surface area (TPSA) is 25.8 Å². The molecule has 0 atom stereocenters. The van der Waals surface area contributed by atoms with Gasteiger partial charge < -0.3 is 0 Å². The van der Waals surface area contributed by atoms with Gasteiger partial charge >= 0.3 is 0 Å². The molecule has 0 saturated carbocycles. The fraction of sp³-hybridized carbons (Fsp3) is 0. The van der Waals surface area contributed by atoms with Crippen LogP contribution in [0.15, 0.2) is 16.9 Å². The molecule has 0 N–H and O–H groups in total. The molecule has 1 aromatic carbocycles. The van der Waals surface area contributed by atoms with Gasteiger partial charge in [-0.1, -0.05) is 23.2 Å². The first-order valence-electron chi connectivity index (χ1n) is 3.55. The smallest absolute Gasteiger partial charge is 0.155 e. The van der Waals surface area contributed by atoms with E-state index in [9.17, 15) is 4.39 Å². The van der Waals surface area contributed by atoms with Gasteiger partial charge in [-0.15, -0.1) is 0 Å². The van der Waals surface area contributed by atoms with Crippen molar-refractivity contribution in [2.24, 2.45) is 0 Å². The minimum absolute atomic E-state index is 0.0193. The minimum Gasteiger partial charge on any atom is -0.236 e. The number of benzene rings is 1. The van der Waals surface area contributed by atoms with Gasteiger partial charge in [0.25, 0.3) is 0 Å². The Morgan fingerprint density at radius 1 is 1.29 bits per heavy atom. The van der Waals surface area contributed by atoms with Crippen LogP contribution in [0.1, 0.15) is 0 Å². The van der Waals surface area contributed by atoms with Crippen LogP contribution in [-0.2, 0) is 0 Å². The Bertz CT molecular complexity index is 518. The second-order valence-electron chi connectivity index (χ2n) is 2.54. The van der Waals surface area contributed by atoms with Gasteiger partial charge in [-0.05, 0) is 22.0 Å². The highest BCUT2D eigenvalue weighted by molar-refractivity contribution is 9.10. The predicted octanol–water partition coefficient (Wildman–Crippen LogP) is 3.84. The normalized spacial score (nSPS) is 10.9. The highest BCUT2D eigenvalue weighted by Crippen LogP contribution is 2.33. The van der Waals surface area contributed by atoms with Crippen LogP contribution in [0.4, 0.5) is 4.39 Å². The van der Waals surface area contributed by atoms with Gasteiger partial charge in [0.05, 0.1) is 15.9 Å². The predicted molar refractivity (Wildman–Crippen MR) is 57.2 cm³/mol. The molecule has 0 spiro atoms. The van der Waals surface area contributed by atoms with Gasteiger partial charge in [-0.3, -0.25) is 0 Å². The van der Waals surface area contributed by atoms with Gasteiger partial charge in [0.1, 0.15) is 11.5 Å². The van der Waals surface area contributed by atoms with Gasteiger partial charge in [0.2, 0.25) is 0 Å². The van der Waals surface area contributed by atoms with Crippen molar-refractivity contribution in [3.05, 3.63) is 32.9 Å². The van der Waals surface area contributed by atoms with E-state index in [1.54, 1.807) is 6.07 Å². The maximum atomic E-state index is 13.6. The van der Waals surface area contributed by atoms with Crippen LogP contribution in [0, 0.1) is 5.82 Å². The zero-order valence-electron chi connectivity index (χ0n) is 6.56. The molecule has 6 heteroatoms. The molecular weight excluding hydrogens is 294 g/mol. The summed E-state index contributed by atoms with van der Waals surface area (Å²) in [6.45, 7) is 0. The van der Waals surface area contributed by atoms with E-state index in [1.165, 1.54) is 6.33 Å². The lowest BCUT2D eigenvalue weighted by atomic mass is 10.2. The van der Waals surface area contributed by atoms with E-state index in [1.807, 2.05) is 0 Å². The molecular formula is C8H2BrCl2FN2. The largest absolute Gasteiger partial charge is 0.236 e. The van der Waals surface area contributed by atoms with Crippen molar-refractivity contribution in [2.45, 2.75) is 0 Å². The van der Waals surface area contributed by atoms with Crippen molar-refractivity contribution in [1.82, 2.24) is 9.97 Å². The van der Waals surface area contributed by atoms with E-state index >= 15 is 0 Å². The first-order chi connectivity index (χ1) is 6.61. The van der Waals surface area contributed by atoms with Crippen molar-refractivity contribution in [2.75, 3.05) is 0 Å². The van der Waals surface area contributed by atoms with Crippen LogP contribution < -0.4 is 0 Å². The molecule has 0 radical (unpaired) electrons. The monoisotopic (exact) mass is 294 g/mol. The summed E-state index contributed by atoms with van der Waals surface area (Å²) >= 11 is 14.5. The number of hydrogen-bond donors (Lipinski definition) is 0. The molecule has 0 aliphatic heterocycles. The van der Waals surface area contributed by atoms with Gasteiger partial charge in [-0.2, -0.15) is 0 Å². The standard InChI is InChI=1S/C8H2BrCl2FN2/c9-3-1-4-5(7(12)6(3)10)8(11)14-2-13-4/h1-2H. The summed E-state index contributed by atoms with van der Waals surface area (Å²) in [5.74, 6) is -0.610. The second-order valence-corrected chi connectivity index (χ2v) is 4.14. The van der Waals surface area contributed by atoms with Crippen molar-refractivity contribution in [1.29, 1.82) is 0 Å². The van der Waals surface area contributed by atoms with Gasteiger partial charge in [0.15, 0.2) is 5.82 Å². The van der Waals surface area contributed by atoms with Crippen LogP contribution in [0.2, 0.25) is 10.2 Å². The summed E-state index contributed by atoms with van der Waals surface area (Å²) in [7, 11) is 0. The Kier molecular flexibility index (Phi) is 2.60. The average Bonchev–Trinajstić information content (AvgIpc) is 2.14. The summed E-state index contributed by atoms with van der Waals surface area (Å²) < 4.78 is 14.0. The summed E-state index contributed by atoms with van der Waals surface area (Å²) in [6, 6.07) is 1.59. The molecule has 0 unspecified atom stereocenters. The van der Waals surface area contributed by atoms with Crippen molar-refractivity contribution < 1.29 is 4.39 Å². The first-order valence-corrected chi connectivity index (χ1v) is 5.10. The quantitative estimate of drug-likeness (QED) is 0.545. The summed E-state index contributed by atoms with van der Waals surface area (Å²) in [5.41, 5.74) is 0.416. The van der Waals surface area contributed by atoms with Crippen LogP contribution in [0.3, 0.4) is 0 Å². The SMILES string of the molecule is Fc1c(Cl)c(Br)cc2ncnc(Cl)c12. The third-order valence-corrected chi connectivity index (χ3v) is 3.23. The molecule has 0 amide bonds. The van der Waals surface area contributed by atoms with E-state index in [4.69, 9.17) is 23.2 Å². The fourth-order valence-electron chi connectivity index (χ4n) is 1.09. The number of halogens is 4. The van der Waals surface area contributed by atoms with E-state index in [-0.39, 0.29) is 15.6 Å². The Labute approximate surface area is 97.2 Å². The van der Waals surface area contributed by atoms with Gasteiger partial charge in [0, 0.05) is 4.47 Å². The molecule has 0 aliphatic rings. The van der Waals surface area contributed by atoms with Crippen LogP contribution in [0.25, 0.3) is 10.9 Å². The van der Waals surface area contributed by atoms with Crippen molar-refractivity contribution in [3.63, 3.8) is 0 Å². The minimum atomic E-state index is -0.610.